The summed E-state index contributed by atoms with van der Waals surface area (Å²) in [7, 11) is 1.55. The first-order chi connectivity index (χ1) is 14.3. The number of halogens is 1. The lowest BCUT2D eigenvalue weighted by atomic mass is 10.0. The molecule has 1 aromatic carbocycles. The number of ketones is 1. The van der Waals surface area contributed by atoms with Gasteiger partial charge >= 0.3 is 5.97 Å². The third-order valence-electron chi connectivity index (χ3n) is 4.70. The van der Waals surface area contributed by atoms with Gasteiger partial charge in [-0.25, -0.2) is 0 Å². The number of Topliss-reactive ketones (excluding diaryl/α,β-unsaturated/α-hetero) is 1. The molecule has 30 heavy (non-hydrogen) atoms. The number of hydrogen-bond donors (Lipinski definition) is 3. The molecule has 0 aromatic heterocycles. The smallest absolute Gasteiger partial charge is 0.313 e. The number of ether oxygens (including phenoxy) is 1. The molecule has 1 saturated carbocycles. The van der Waals surface area contributed by atoms with Crippen LogP contribution in [-0.2, 0) is 16.0 Å². The Hall–Kier alpha value is -1.19. The van der Waals surface area contributed by atoms with Crippen molar-refractivity contribution >= 4 is 46.9 Å². The Morgan fingerprint density at radius 1 is 1.40 bits per heavy atom. The minimum Gasteiger partial charge on any atom is -0.496 e. The Labute approximate surface area is 190 Å². The van der Waals surface area contributed by atoms with Crippen molar-refractivity contribution in [2.24, 2.45) is 5.92 Å². The number of carbonyl (C=O) groups is 2. The Kier molecular flexibility index (Phi) is 10.5. The maximum Gasteiger partial charge on any atom is 0.313 e. The number of aliphatic hydroxyl groups is 2. The SMILES string of the molecule is COc1ccc(Cl)cc1CC(O)C=C[C@H]1C(O)CC(=O)C1SCCCSCC(=O)O. The van der Waals surface area contributed by atoms with Gasteiger partial charge in [0.25, 0.3) is 0 Å². The second kappa shape index (κ2) is 12.6. The van der Waals surface area contributed by atoms with Crippen molar-refractivity contribution in [3.05, 3.63) is 40.9 Å². The molecule has 2 rings (SSSR count). The van der Waals surface area contributed by atoms with Crippen molar-refractivity contribution in [3.8, 4) is 5.75 Å². The highest BCUT2D eigenvalue weighted by molar-refractivity contribution is 8.01. The van der Waals surface area contributed by atoms with Gasteiger partial charge in [-0.2, -0.15) is 11.8 Å². The van der Waals surface area contributed by atoms with Crippen LogP contribution in [0.4, 0.5) is 0 Å². The number of methoxy groups -OCH3 is 1. The zero-order valence-electron chi connectivity index (χ0n) is 16.7. The van der Waals surface area contributed by atoms with Crippen molar-refractivity contribution in [2.45, 2.75) is 36.7 Å². The minimum absolute atomic E-state index is 0.00587. The first-order valence-electron chi connectivity index (χ1n) is 9.62. The predicted octanol–water partition coefficient (Wildman–Crippen LogP) is 3.07. The molecular formula is C21H27ClO6S2. The van der Waals surface area contributed by atoms with Crippen LogP contribution < -0.4 is 4.74 Å². The molecule has 4 atom stereocenters. The summed E-state index contributed by atoms with van der Waals surface area (Å²) in [5, 5.41) is 29.5. The maximum atomic E-state index is 12.3. The molecule has 166 valence electrons. The van der Waals surface area contributed by atoms with Gasteiger partial charge in [-0.1, -0.05) is 23.8 Å². The Morgan fingerprint density at radius 2 is 2.17 bits per heavy atom. The van der Waals surface area contributed by atoms with Gasteiger partial charge in [0.2, 0.25) is 0 Å². The topological polar surface area (TPSA) is 104 Å². The van der Waals surface area contributed by atoms with E-state index in [4.69, 9.17) is 21.4 Å². The van der Waals surface area contributed by atoms with E-state index in [-0.39, 0.29) is 29.1 Å². The fourth-order valence-electron chi connectivity index (χ4n) is 3.30. The number of carbonyl (C=O) groups excluding carboxylic acids is 1. The summed E-state index contributed by atoms with van der Waals surface area (Å²) < 4.78 is 5.30. The Balaban J connectivity index is 1.90. The van der Waals surface area contributed by atoms with Crippen LogP contribution >= 0.6 is 35.1 Å². The number of rotatable bonds is 12. The van der Waals surface area contributed by atoms with E-state index in [1.54, 1.807) is 37.5 Å². The largest absolute Gasteiger partial charge is 0.496 e. The van der Waals surface area contributed by atoms with Gasteiger partial charge in [0.05, 0.1) is 30.3 Å². The van der Waals surface area contributed by atoms with Gasteiger partial charge in [0.15, 0.2) is 0 Å². The van der Waals surface area contributed by atoms with Gasteiger partial charge in [0.1, 0.15) is 11.5 Å². The summed E-state index contributed by atoms with van der Waals surface area (Å²) in [6.07, 6.45) is 2.97. The Bertz CT molecular complexity index is 757. The second-order valence-electron chi connectivity index (χ2n) is 7.02. The van der Waals surface area contributed by atoms with Gasteiger partial charge in [-0.15, -0.1) is 11.8 Å². The number of thioether (sulfide) groups is 2. The van der Waals surface area contributed by atoms with E-state index in [2.05, 4.69) is 0 Å². The number of benzene rings is 1. The molecule has 0 radical (unpaired) electrons. The van der Waals surface area contributed by atoms with E-state index in [1.807, 2.05) is 0 Å². The summed E-state index contributed by atoms with van der Waals surface area (Å²) in [6, 6.07) is 5.20. The molecule has 1 fully saturated rings. The van der Waals surface area contributed by atoms with Crippen LogP contribution in [0.25, 0.3) is 0 Å². The number of carboxylic acids is 1. The summed E-state index contributed by atoms with van der Waals surface area (Å²) in [4.78, 5) is 22.8. The molecule has 3 unspecified atom stereocenters. The molecule has 1 aromatic rings. The predicted molar refractivity (Wildman–Crippen MR) is 122 cm³/mol. The fourth-order valence-corrected chi connectivity index (χ4v) is 5.68. The third-order valence-corrected chi connectivity index (χ3v) is 7.43. The van der Waals surface area contributed by atoms with Crippen molar-refractivity contribution in [1.29, 1.82) is 0 Å². The van der Waals surface area contributed by atoms with Crippen LogP contribution in [0.3, 0.4) is 0 Å². The van der Waals surface area contributed by atoms with Crippen molar-refractivity contribution < 1.29 is 29.6 Å². The molecular weight excluding hydrogens is 448 g/mol. The van der Waals surface area contributed by atoms with Crippen molar-refractivity contribution in [2.75, 3.05) is 24.4 Å². The lowest BCUT2D eigenvalue weighted by Gasteiger charge is -2.18. The normalized spacial score (nSPS) is 22.5. The quantitative estimate of drug-likeness (QED) is 0.313. The average Bonchev–Trinajstić information content (AvgIpc) is 2.95. The number of aliphatic carboxylic acids is 1. The van der Waals surface area contributed by atoms with E-state index >= 15 is 0 Å². The van der Waals surface area contributed by atoms with Gasteiger partial charge in [0, 0.05) is 23.8 Å². The van der Waals surface area contributed by atoms with Crippen molar-refractivity contribution in [3.63, 3.8) is 0 Å². The van der Waals surface area contributed by atoms with E-state index in [0.29, 0.717) is 28.7 Å². The minimum atomic E-state index is -0.833. The fraction of sp³-hybridized carbons (Fsp3) is 0.524. The first kappa shape index (κ1) is 25.1. The van der Waals surface area contributed by atoms with Crippen LogP contribution in [0.1, 0.15) is 18.4 Å². The number of carboxylic acid groups (broad SMARTS) is 1. The van der Waals surface area contributed by atoms with Crippen LogP contribution in [0.2, 0.25) is 5.02 Å². The standard InChI is InChI=1S/C21H27ClO6S2/c1-28-19-6-3-14(22)9-13(19)10-15(23)4-5-16-17(24)11-18(25)21(16)30-8-2-7-29-12-20(26)27/h3-6,9,15-17,21,23-24H,2,7-8,10-12H2,1H3,(H,26,27)/t15?,16-,17?,21?/m0/s1. The molecule has 0 spiro atoms. The highest BCUT2D eigenvalue weighted by Gasteiger charge is 2.40. The third kappa shape index (κ3) is 7.81. The summed E-state index contributed by atoms with van der Waals surface area (Å²) in [6.45, 7) is 0. The molecule has 0 aliphatic heterocycles. The zero-order valence-corrected chi connectivity index (χ0v) is 19.1. The summed E-state index contributed by atoms with van der Waals surface area (Å²) in [5.74, 6) is 0.951. The van der Waals surface area contributed by atoms with Crippen LogP contribution in [0, 0.1) is 5.92 Å². The summed E-state index contributed by atoms with van der Waals surface area (Å²) >= 11 is 8.87. The summed E-state index contributed by atoms with van der Waals surface area (Å²) in [5.41, 5.74) is 0.773. The Morgan fingerprint density at radius 3 is 2.87 bits per heavy atom. The van der Waals surface area contributed by atoms with Crippen molar-refractivity contribution in [1.82, 2.24) is 0 Å². The molecule has 3 N–H and O–H groups in total. The first-order valence-corrected chi connectivity index (χ1v) is 12.2. The molecule has 0 bridgehead atoms. The van der Waals surface area contributed by atoms with Crippen LogP contribution in [0.15, 0.2) is 30.4 Å². The van der Waals surface area contributed by atoms with E-state index in [1.165, 1.54) is 23.5 Å². The molecule has 0 saturated heterocycles. The zero-order chi connectivity index (χ0) is 22.1. The molecule has 1 aliphatic rings. The second-order valence-corrected chi connectivity index (χ2v) is 9.81. The van der Waals surface area contributed by atoms with Gasteiger partial charge < -0.3 is 20.1 Å². The van der Waals surface area contributed by atoms with Gasteiger partial charge in [-0.05, 0) is 41.7 Å². The van der Waals surface area contributed by atoms with E-state index < -0.39 is 18.2 Å². The van der Waals surface area contributed by atoms with E-state index in [0.717, 1.165) is 12.0 Å². The highest BCUT2D eigenvalue weighted by atomic mass is 35.5. The van der Waals surface area contributed by atoms with Gasteiger partial charge in [-0.3, -0.25) is 9.59 Å². The number of aliphatic hydroxyl groups excluding tert-OH is 2. The molecule has 6 nitrogen and oxygen atoms in total. The lowest BCUT2D eigenvalue weighted by molar-refractivity contribution is -0.133. The molecule has 9 heteroatoms. The molecule has 0 amide bonds. The highest BCUT2D eigenvalue weighted by Crippen LogP contribution is 2.34. The van der Waals surface area contributed by atoms with Crippen LogP contribution in [0.5, 0.6) is 5.75 Å². The average molecular weight is 475 g/mol. The molecule has 1 aliphatic carbocycles. The lowest BCUT2D eigenvalue weighted by Crippen LogP contribution is -2.22. The monoisotopic (exact) mass is 474 g/mol. The number of hydrogen-bond acceptors (Lipinski definition) is 7. The maximum absolute atomic E-state index is 12.3. The van der Waals surface area contributed by atoms with E-state index in [9.17, 15) is 19.8 Å². The molecule has 0 heterocycles. The van der Waals surface area contributed by atoms with Crippen LogP contribution in [-0.4, -0.2) is 68.9 Å².